The van der Waals surface area contributed by atoms with Crippen LogP contribution in [0.2, 0.25) is 0 Å². The second-order valence-electron chi connectivity index (χ2n) is 3.28. The van der Waals surface area contributed by atoms with Crippen molar-refractivity contribution in [2.75, 3.05) is 27.9 Å². The topological polar surface area (TPSA) is 74.2 Å². The Bertz CT molecular complexity index is 219. The van der Waals surface area contributed by atoms with Crippen LogP contribution in [0.3, 0.4) is 0 Å². The van der Waals surface area contributed by atoms with Crippen LogP contribution in [0, 0.1) is 0 Å². The lowest BCUT2D eigenvalue weighted by Crippen LogP contribution is -2.42. The van der Waals surface area contributed by atoms with Gasteiger partial charge in [-0.2, -0.15) is 0 Å². The van der Waals surface area contributed by atoms with E-state index in [9.17, 15) is 9.90 Å². The van der Waals surface area contributed by atoms with Gasteiger partial charge >= 0.3 is 5.97 Å². The highest BCUT2D eigenvalue weighted by molar-refractivity contribution is 5.78. The quantitative estimate of drug-likeness (QED) is 0.596. The number of aliphatic hydroxyl groups excluding tert-OH is 1. The first kappa shape index (κ1) is 12.4. The van der Waals surface area contributed by atoms with Gasteiger partial charge in [0.2, 0.25) is 0 Å². The number of methoxy groups -OCH3 is 3. The molecule has 1 aliphatic heterocycles. The predicted octanol–water partition coefficient (Wildman–Crippen LogP) is -1.05. The zero-order valence-electron chi connectivity index (χ0n) is 9.00. The van der Waals surface area contributed by atoms with Crippen molar-refractivity contribution in [2.45, 2.75) is 24.4 Å². The fourth-order valence-corrected chi connectivity index (χ4v) is 1.63. The molecule has 1 N–H and O–H groups in total. The first-order valence-corrected chi connectivity index (χ1v) is 4.58. The van der Waals surface area contributed by atoms with Crippen molar-refractivity contribution in [1.29, 1.82) is 0 Å². The summed E-state index contributed by atoms with van der Waals surface area (Å²) in [6.07, 6.45) is -3.05. The maximum absolute atomic E-state index is 11.3. The Balaban J connectivity index is 2.69. The highest BCUT2D eigenvalue weighted by Gasteiger charge is 2.48. The second-order valence-corrected chi connectivity index (χ2v) is 3.28. The molecule has 1 aliphatic rings. The number of carbonyl (C=O) groups is 1. The zero-order chi connectivity index (χ0) is 11.4. The summed E-state index contributed by atoms with van der Waals surface area (Å²) in [5.74, 6) is -0.524. The molecule has 0 unspecified atom stereocenters. The Morgan fingerprint density at radius 3 is 2.53 bits per heavy atom. The van der Waals surface area contributed by atoms with Gasteiger partial charge in [0.1, 0.15) is 12.2 Å². The van der Waals surface area contributed by atoms with Gasteiger partial charge in [-0.3, -0.25) is 0 Å². The summed E-state index contributed by atoms with van der Waals surface area (Å²) in [6, 6.07) is 0. The fraction of sp³-hybridized carbons (Fsp3) is 0.889. The van der Waals surface area contributed by atoms with E-state index >= 15 is 0 Å². The number of esters is 1. The predicted molar refractivity (Wildman–Crippen MR) is 49.4 cm³/mol. The van der Waals surface area contributed by atoms with Crippen molar-refractivity contribution < 1.29 is 28.8 Å². The third kappa shape index (κ3) is 2.46. The highest BCUT2D eigenvalue weighted by atomic mass is 16.6. The average Bonchev–Trinajstić information content (AvgIpc) is 2.54. The molecule has 1 saturated heterocycles. The third-order valence-corrected chi connectivity index (χ3v) is 2.35. The summed E-state index contributed by atoms with van der Waals surface area (Å²) in [5.41, 5.74) is 0. The van der Waals surface area contributed by atoms with Gasteiger partial charge in [0, 0.05) is 21.3 Å². The Kier molecular flexibility index (Phi) is 4.46. The van der Waals surface area contributed by atoms with Crippen LogP contribution in [-0.2, 0) is 23.7 Å². The Morgan fingerprint density at radius 1 is 1.40 bits per heavy atom. The third-order valence-electron chi connectivity index (χ3n) is 2.35. The molecule has 0 aromatic heterocycles. The number of hydrogen-bond donors (Lipinski definition) is 1. The second kappa shape index (κ2) is 5.41. The van der Waals surface area contributed by atoms with Crippen LogP contribution >= 0.6 is 0 Å². The van der Waals surface area contributed by atoms with Crippen molar-refractivity contribution in [3.05, 3.63) is 0 Å². The van der Waals surface area contributed by atoms with Gasteiger partial charge in [-0.15, -0.1) is 0 Å². The molecule has 4 atom stereocenters. The summed E-state index contributed by atoms with van der Waals surface area (Å²) in [4.78, 5) is 11.3. The molecule has 1 rings (SSSR count). The van der Waals surface area contributed by atoms with Crippen molar-refractivity contribution in [3.8, 4) is 0 Å². The van der Waals surface area contributed by atoms with Gasteiger partial charge in [0.05, 0.1) is 6.61 Å². The molecule has 0 spiro atoms. The molecule has 1 fully saturated rings. The van der Waals surface area contributed by atoms with E-state index in [1.54, 1.807) is 0 Å². The van der Waals surface area contributed by atoms with E-state index in [4.69, 9.17) is 18.9 Å². The summed E-state index contributed by atoms with van der Waals surface area (Å²) in [7, 11) is 4.28. The number of cyclic esters (lactones) is 1. The minimum absolute atomic E-state index is 0.0776. The molecule has 15 heavy (non-hydrogen) atoms. The zero-order valence-corrected chi connectivity index (χ0v) is 9.00. The molecule has 1 heterocycles. The van der Waals surface area contributed by atoms with Crippen molar-refractivity contribution >= 4 is 5.97 Å². The minimum Gasteiger partial charge on any atom is -0.455 e. The molecule has 0 bridgehead atoms. The van der Waals surface area contributed by atoms with Gasteiger partial charge in [-0.05, 0) is 0 Å². The van der Waals surface area contributed by atoms with E-state index in [2.05, 4.69) is 0 Å². The largest absolute Gasteiger partial charge is 0.455 e. The number of ether oxygens (including phenoxy) is 4. The number of aliphatic hydroxyl groups is 1. The molecule has 0 saturated carbocycles. The number of rotatable bonds is 5. The smallest absolute Gasteiger partial charge is 0.338 e. The Morgan fingerprint density at radius 2 is 2.07 bits per heavy atom. The summed E-state index contributed by atoms with van der Waals surface area (Å²) in [5, 5.41) is 9.64. The summed E-state index contributed by atoms with van der Waals surface area (Å²) < 4.78 is 19.8. The van der Waals surface area contributed by atoms with E-state index in [1.807, 2.05) is 0 Å². The van der Waals surface area contributed by atoms with Gasteiger partial charge in [0.25, 0.3) is 0 Å². The van der Waals surface area contributed by atoms with Crippen LogP contribution in [0.25, 0.3) is 0 Å². The first-order valence-electron chi connectivity index (χ1n) is 4.58. The summed E-state index contributed by atoms with van der Waals surface area (Å²) >= 11 is 0. The molecule has 0 radical (unpaired) electrons. The molecule has 0 aliphatic carbocycles. The Hall–Kier alpha value is -0.690. The van der Waals surface area contributed by atoms with E-state index in [0.717, 1.165) is 0 Å². The maximum atomic E-state index is 11.3. The molecule has 88 valence electrons. The van der Waals surface area contributed by atoms with E-state index in [-0.39, 0.29) is 6.61 Å². The van der Waals surface area contributed by atoms with Crippen LogP contribution in [0.5, 0.6) is 0 Å². The van der Waals surface area contributed by atoms with E-state index in [0.29, 0.717) is 0 Å². The highest BCUT2D eigenvalue weighted by Crippen LogP contribution is 2.23. The fourth-order valence-electron chi connectivity index (χ4n) is 1.63. The van der Waals surface area contributed by atoms with Crippen LogP contribution in [-0.4, -0.2) is 63.4 Å². The SMILES string of the molecule is COC[C@@H](O)[C@@H]1OC(=O)[C@H](OC)[C@H]1OC. The van der Waals surface area contributed by atoms with Crippen LogP contribution in [0.15, 0.2) is 0 Å². The van der Waals surface area contributed by atoms with Gasteiger partial charge in [-0.1, -0.05) is 0 Å². The van der Waals surface area contributed by atoms with Gasteiger partial charge in [-0.25, -0.2) is 4.79 Å². The normalized spacial score (nSPS) is 32.8. The standard InChI is InChI=1S/C9H16O6/c1-12-4-5(10)6-7(13-2)8(14-3)9(11)15-6/h5-8,10H,4H2,1-3H3/t5-,6+,7+,8-/m1/s1. The van der Waals surface area contributed by atoms with Crippen LogP contribution < -0.4 is 0 Å². The minimum atomic E-state index is -0.913. The lowest BCUT2D eigenvalue weighted by atomic mass is 10.1. The van der Waals surface area contributed by atoms with Crippen LogP contribution in [0.4, 0.5) is 0 Å². The molecular weight excluding hydrogens is 204 g/mol. The molecule has 0 aromatic carbocycles. The summed E-state index contributed by atoms with van der Waals surface area (Å²) in [6.45, 7) is 0.0776. The molecule has 6 heteroatoms. The van der Waals surface area contributed by atoms with Crippen molar-refractivity contribution in [2.24, 2.45) is 0 Å². The molecule has 0 aromatic rings. The lowest BCUT2D eigenvalue weighted by molar-refractivity contribution is -0.152. The average molecular weight is 220 g/mol. The van der Waals surface area contributed by atoms with E-state index < -0.39 is 30.4 Å². The first-order chi connectivity index (χ1) is 7.15. The number of hydrogen-bond acceptors (Lipinski definition) is 6. The molecule has 0 amide bonds. The van der Waals surface area contributed by atoms with Gasteiger partial charge < -0.3 is 24.1 Å². The molecule has 6 nitrogen and oxygen atoms in total. The maximum Gasteiger partial charge on any atom is 0.338 e. The van der Waals surface area contributed by atoms with Gasteiger partial charge in [0.15, 0.2) is 12.2 Å². The van der Waals surface area contributed by atoms with Crippen molar-refractivity contribution in [3.63, 3.8) is 0 Å². The lowest BCUT2D eigenvalue weighted by Gasteiger charge is -2.22. The van der Waals surface area contributed by atoms with E-state index in [1.165, 1.54) is 21.3 Å². The van der Waals surface area contributed by atoms with Crippen LogP contribution in [0.1, 0.15) is 0 Å². The Labute approximate surface area is 88.1 Å². The monoisotopic (exact) mass is 220 g/mol. The molecular formula is C9H16O6. The van der Waals surface area contributed by atoms with Crippen molar-refractivity contribution in [1.82, 2.24) is 0 Å². The number of carbonyl (C=O) groups excluding carboxylic acids is 1.